The summed E-state index contributed by atoms with van der Waals surface area (Å²) in [5, 5.41) is 2.96. The molecule has 1 aliphatic heterocycles. The number of hydrogen-bond acceptors (Lipinski definition) is 3. The molecular formula is C15H20BrNO3. The number of carbonyl (C=O) groups excluding carboxylic acids is 1. The molecule has 1 fully saturated rings. The molecule has 1 N–H and O–H groups in total. The van der Waals surface area contributed by atoms with E-state index in [0.29, 0.717) is 5.75 Å². The van der Waals surface area contributed by atoms with Crippen LogP contribution in [0.1, 0.15) is 26.7 Å². The number of benzene rings is 1. The minimum atomic E-state index is -0.544. The molecule has 1 aliphatic rings. The van der Waals surface area contributed by atoms with Crippen molar-refractivity contribution in [3.8, 4) is 5.75 Å². The zero-order valence-electron chi connectivity index (χ0n) is 11.8. The van der Waals surface area contributed by atoms with Crippen molar-refractivity contribution >= 4 is 21.8 Å². The topological polar surface area (TPSA) is 47.6 Å². The van der Waals surface area contributed by atoms with Crippen molar-refractivity contribution < 1.29 is 14.3 Å². The first-order chi connectivity index (χ1) is 9.58. The first kappa shape index (κ1) is 15.3. The fraction of sp³-hybridized carbons (Fsp3) is 0.533. The molecule has 0 unspecified atom stereocenters. The third kappa shape index (κ3) is 3.96. The lowest BCUT2D eigenvalue weighted by Gasteiger charge is -2.22. The van der Waals surface area contributed by atoms with Gasteiger partial charge in [-0.2, -0.15) is 0 Å². The maximum Gasteiger partial charge on any atom is 0.261 e. The van der Waals surface area contributed by atoms with Crippen molar-refractivity contribution in [2.75, 3.05) is 6.61 Å². The van der Waals surface area contributed by atoms with Crippen LogP contribution in [0, 0.1) is 0 Å². The average molecular weight is 342 g/mol. The van der Waals surface area contributed by atoms with Crippen LogP contribution < -0.4 is 10.1 Å². The van der Waals surface area contributed by atoms with Crippen LogP contribution in [0.15, 0.2) is 28.7 Å². The maximum absolute atomic E-state index is 12.1. The zero-order chi connectivity index (χ0) is 14.5. The highest BCUT2D eigenvalue weighted by molar-refractivity contribution is 9.10. The van der Waals surface area contributed by atoms with Gasteiger partial charge in [0.2, 0.25) is 0 Å². The van der Waals surface area contributed by atoms with Gasteiger partial charge in [0.25, 0.3) is 5.91 Å². The average Bonchev–Trinajstić information content (AvgIpc) is 2.95. The summed E-state index contributed by atoms with van der Waals surface area (Å²) in [6, 6.07) is 7.50. The van der Waals surface area contributed by atoms with Crippen molar-refractivity contribution in [3.05, 3.63) is 28.7 Å². The Kier molecular flexibility index (Phi) is 5.43. The monoisotopic (exact) mass is 341 g/mol. The van der Waals surface area contributed by atoms with E-state index in [1.165, 1.54) is 0 Å². The van der Waals surface area contributed by atoms with Gasteiger partial charge in [-0.15, -0.1) is 0 Å². The van der Waals surface area contributed by atoms with E-state index in [2.05, 4.69) is 21.2 Å². The van der Waals surface area contributed by atoms with Crippen LogP contribution in [-0.4, -0.2) is 30.8 Å². The molecule has 0 aliphatic carbocycles. The molecule has 1 aromatic carbocycles. The number of nitrogens with one attached hydrogen (secondary N) is 1. The lowest BCUT2D eigenvalue weighted by molar-refractivity contribution is -0.128. The molecule has 1 aromatic rings. The van der Waals surface area contributed by atoms with E-state index >= 15 is 0 Å². The van der Waals surface area contributed by atoms with E-state index in [4.69, 9.17) is 9.47 Å². The second-order valence-corrected chi connectivity index (χ2v) is 5.89. The lowest BCUT2D eigenvalue weighted by Crippen LogP contribution is -2.46. The molecule has 0 bridgehead atoms. The highest BCUT2D eigenvalue weighted by atomic mass is 79.9. The molecule has 20 heavy (non-hydrogen) atoms. The van der Waals surface area contributed by atoms with Crippen molar-refractivity contribution in [3.63, 3.8) is 0 Å². The van der Waals surface area contributed by atoms with Gasteiger partial charge in [-0.1, -0.05) is 12.1 Å². The Morgan fingerprint density at radius 1 is 1.45 bits per heavy atom. The van der Waals surface area contributed by atoms with Crippen molar-refractivity contribution in [2.45, 2.75) is 44.9 Å². The molecule has 0 aromatic heterocycles. The Hall–Kier alpha value is -1.07. The quantitative estimate of drug-likeness (QED) is 0.895. The highest BCUT2D eigenvalue weighted by Crippen LogP contribution is 2.25. The van der Waals surface area contributed by atoms with Gasteiger partial charge in [-0.25, -0.2) is 0 Å². The Morgan fingerprint density at radius 2 is 2.20 bits per heavy atom. The van der Waals surface area contributed by atoms with Gasteiger partial charge in [0.05, 0.1) is 16.6 Å². The molecule has 0 saturated carbocycles. The molecule has 0 spiro atoms. The molecule has 1 saturated heterocycles. The standard InChI is InChI=1S/C15H20BrNO3/c1-10(13-8-5-9-19-13)17-15(18)11(2)20-14-7-4-3-6-12(14)16/h3-4,6-7,10-11,13H,5,8-9H2,1-2H3,(H,17,18)/t10-,11-,13+/m0/s1. The molecule has 110 valence electrons. The van der Waals surface area contributed by atoms with Crippen molar-refractivity contribution in [1.29, 1.82) is 0 Å². The third-order valence-corrected chi connectivity index (χ3v) is 4.06. The largest absolute Gasteiger partial charge is 0.480 e. The SMILES string of the molecule is C[C@H](Oc1ccccc1Br)C(=O)N[C@@H](C)[C@H]1CCCO1. The molecule has 1 heterocycles. The predicted molar refractivity (Wildman–Crippen MR) is 80.8 cm³/mol. The van der Waals surface area contributed by atoms with Crippen LogP contribution >= 0.6 is 15.9 Å². The van der Waals surface area contributed by atoms with Gasteiger partial charge in [0, 0.05) is 6.61 Å². The number of para-hydroxylation sites is 1. The fourth-order valence-corrected chi connectivity index (χ4v) is 2.59. The summed E-state index contributed by atoms with van der Waals surface area (Å²) in [5.74, 6) is 0.545. The minimum Gasteiger partial charge on any atom is -0.480 e. The van der Waals surface area contributed by atoms with Gasteiger partial charge in [-0.05, 0) is 54.8 Å². The minimum absolute atomic E-state index is 0.00950. The van der Waals surface area contributed by atoms with E-state index in [1.54, 1.807) is 6.92 Å². The smallest absolute Gasteiger partial charge is 0.261 e. The Balaban J connectivity index is 1.87. The normalized spacial score (nSPS) is 21.2. The summed E-state index contributed by atoms with van der Waals surface area (Å²) in [6.45, 7) is 4.50. The molecule has 3 atom stereocenters. The molecule has 5 heteroatoms. The Labute approximate surface area is 128 Å². The second-order valence-electron chi connectivity index (χ2n) is 5.04. The second kappa shape index (κ2) is 7.09. The number of hydrogen-bond donors (Lipinski definition) is 1. The van der Waals surface area contributed by atoms with Crippen LogP contribution in [0.25, 0.3) is 0 Å². The zero-order valence-corrected chi connectivity index (χ0v) is 13.4. The summed E-state index contributed by atoms with van der Waals surface area (Å²) >= 11 is 3.40. The first-order valence-corrected chi connectivity index (χ1v) is 7.70. The lowest BCUT2D eigenvalue weighted by atomic mass is 10.1. The predicted octanol–water partition coefficient (Wildman–Crippen LogP) is 2.90. The summed E-state index contributed by atoms with van der Waals surface area (Å²) in [7, 11) is 0. The number of rotatable bonds is 5. The van der Waals surface area contributed by atoms with Crippen LogP contribution in [0.5, 0.6) is 5.75 Å². The molecule has 4 nitrogen and oxygen atoms in total. The summed E-state index contributed by atoms with van der Waals surface area (Å²) in [6.07, 6.45) is 1.64. The summed E-state index contributed by atoms with van der Waals surface area (Å²) in [5.41, 5.74) is 0. The number of amides is 1. The van der Waals surface area contributed by atoms with E-state index in [1.807, 2.05) is 31.2 Å². The molecule has 2 rings (SSSR count). The maximum atomic E-state index is 12.1. The fourth-order valence-electron chi connectivity index (χ4n) is 2.22. The van der Waals surface area contributed by atoms with Gasteiger partial charge < -0.3 is 14.8 Å². The number of carbonyl (C=O) groups is 1. The van der Waals surface area contributed by atoms with Gasteiger partial charge in [0.1, 0.15) is 5.75 Å². The molecular weight excluding hydrogens is 322 g/mol. The number of ether oxygens (including phenoxy) is 2. The van der Waals surface area contributed by atoms with Gasteiger partial charge >= 0.3 is 0 Å². The van der Waals surface area contributed by atoms with Crippen LogP contribution in [-0.2, 0) is 9.53 Å². The van der Waals surface area contributed by atoms with E-state index in [9.17, 15) is 4.79 Å². The highest BCUT2D eigenvalue weighted by Gasteiger charge is 2.25. The van der Waals surface area contributed by atoms with Crippen molar-refractivity contribution in [2.24, 2.45) is 0 Å². The van der Waals surface area contributed by atoms with Gasteiger partial charge in [-0.3, -0.25) is 4.79 Å². The molecule has 1 amide bonds. The van der Waals surface area contributed by atoms with E-state index in [0.717, 1.165) is 23.9 Å². The Morgan fingerprint density at radius 3 is 2.85 bits per heavy atom. The van der Waals surface area contributed by atoms with Crippen LogP contribution in [0.4, 0.5) is 0 Å². The third-order valence-electron chi connectivity index (χ3n) is 3.40. The first-order valence-electron chi connectivity index (χ1n) is 6.91. The summed E-state index contributed by atoms with van der Waals surface area (Å²) in [4.78, 5) is 12.1. The van der Waals surface area contributed by atoms with E-state index in [-0.39, 0.29) is 18.1 Å². The Bertz CT molecular complexity index is 460. The van der Waals surface area contributed by atoms with Crippen molar-refractivity contribution in [1.82, 2.24) is 5.32 Å². The van der Waals surface area contributed by atoms with E-state index < -0.39 is 6.10 Å². The van der Waals surface area contributed by atoms with Crippen LogP contribution in [0.3, 0.4) is 0 Å². The molecule has 0 radical (unpaired) electrons. The van der Waals surface area contributed by atoms with Gasteiger partial charge in [0.15, 0.2) is 6.10 Å². The van der Waals surface area contributed by atoms with Crippen LogP contribution in [0.2, 0.25) is 0 Å². The summed E-state index contributed by atoms with van der Waals surface area (Å²) < 4.78 is 12.1. The number of halogens is 1.